The highest BCUT2D eigenvalue weighted by Gasteiger charge is 2.27. The van der Waals surface area contributed by atoms with Gasteiger partial charge in [0.15, 0.2) is 0 Å². The van der Waals surface area contributed by atoms with Gasteiger partial charge in [-0.25, -0.2) is 8.42 Å². The van der Waals surface area contributed by atoms with E-state index in [0.717, 1.165) is 30.6 Å². The molecule has 0 atom stereocenters. The third-order valence-corrected chi connectivity index (χ3v) is 6.89. The second-order valence-corrected chi connectivity index (χ2v) is 9.85. The third kappa shape index (κ3) is 4.83. The van der Waals surface area contributed by atoms with Crippen LogP contribution in [0, 0.1) is 5.41 Å². The molecule has 162 valence electrons. The second-order valence-electron chi connectivity index (χ2n) is 8.20. The number of amides is 1. The van der Waals surface area contributed by atoms with E-state index in [4.69, 9.17) is 0 Å². The van der Waals surface area contributed by atoms with Crippen LogP contribution in [0.1, 0.15) is 31.9 Å². The minimum Gasteiger partial charge on any atom is -0.395 e. The molecular formula is C22H29N3O4S. The molecule has 30 heavy (non-hydrogen) atoms. The Hall–Kier alpha value is -2.42. The highest BCUT2D eigenvalue weighted by molar-refractivity contribution is 7.92. The number of nitrogens with zero attached hydrogens (tertiary/aromatic N) is 1. The molecule has 0 saturated heterocycles. The van der Waals surface area contributed by atoms with Gasteiger partial charge in [-0.2, -0.15) is 0 Å². The molecule has 8 heteroatoms. The van der Waals surface area contributed by atoms with Crippen molar-refractivity contribution in [2.45, 2.75) is 38.6 Å². The molecule has 1 aliphatic rings. The van der Waals surface area contributed by atoms with Crippen LogP contribution < -0.4 is 10.0 Å². The van der Waals surface area contributed by atoms with Gasteiger partial charge in [0.25, 0.3) is 10.0 Å². The van der Waals surface area contributed by atoms with Crippen LogP contribution >= 0.6 is 0 Å². The number of aliphatic hydroxyl groups is 1. The molecule has 1 amide bonds. The van der Waals surface area contributed by atoms with Gasteiger partial charge < -0.3 is 10.4 Å². The molecule has 0 fully saturated rings. The Kier molecular flexibility index (Phi) is 6.50. The normalized spacial score (nSPS) is 14.8. The van der Waals surface area contributed by atoms with E-state index in [1.165, 1.54) is 0 Å². The number of nitrogens with one attached hydrogen (secondary N) is 2. The van der Waals surface area contributed by atoms with E-state index in [2.05, 4.69) is 21.9 Å². The zero-order valence-electron chi connectivity index (χ0n) is 17.6. The standard InChI is InChI=1S/C22H29N3O4S/c1-4-25-12-11-16-7-5-10-20(19(16)14-25)30(28,29)24-18-9-6-8-17(13-18)23-21(27)22(2,3)15-26/h5-10,13,24,26H,4,11-12,14-15H2,1-3H3,(H,23,27). The number of hydrogen-bond acceptors (Lipinski definition) is 5. The lowest BCUT2D eigenvalue weighted by molar-refractivity contribution is -0.125. The van der Waals surface area contributed by atoms with Gasteiger partial charge >= 0.3 is 0 Å². The molecule has 2 aromatic carbocycles. The van der Waals surface area contributed by atoms with Crippen molar-refractivity contribution in [2.24, 2.45) is 5.41 Å². The molecule has 0 saturated carbocycles. The molecular weight excluding hydrogens is 402 g/mol. The molecule has 0 spiro atoms. The monoisotopic (exact) mass is 431 g/mol. The number of carbonyl (C=O) groups is 1. The SMILES string of the molecule is CCN1CCc2cccc(S(=O)(=O)Nc3cccc(NC(=O)C(C)(C)CO)c3)c2C1. The summed E-state index contributed by atoms with van der Waals surface area (Å²) in [7, 11) is -3.79. The zero-order valence-corrected chi connectivity index (χ0v) is 18.4. The molecule has 0 radical (unpaired) electrons. The molecule has 0 unspecified atom stereocenters. The van der Waals surface area contributed by atoms with E-state index < -0.39 is 15.4 Å². The van der Waals surface area contributed by atoms with Gasteiger partial charge in [0.2, 0.25) is 5.91 Å². The van der Waals surface area contributed by atoms with Gasteiger partial charge in [-0.05, 0) is 62.2 Å². The first kappa shape index (κ1) is 22.3. The van der Waals surface area contributed by atoms with Crippen molar-refractivity contribution in [3.8, 4) is 0 Å². The molecule has 1 heterocycles. The van der Waals surface area contributed by atoms with Gasteiger partial charge in [0.05, 0.1) is 22.6 Å². The number of aliphatic hydroxyl groups excluding tert-OH is 1. The van der Waals surface area contributed by atoms with Crippen molar-refractivity contribution in [2.75, 3.05) is 29.7 Å². The number of anilines is 2. The summed E-state index contributed by atoms with van der Waals surface area (Å²) in [5.41, 5.74) is 1.77. The first-order valence-corrected chi connectivity index (χ1v) is 11.5. The van der Waals surface area contributed by atoms with E-state index in [9.17, 15) is 18.3 Å². The highest BCUT2D eigenvalue weighted by atomic mass is 32.2. The number of carbonyl (C=O) groups excluding carboxylic acids is 1. The van der Waals surface area contributed by atoms with Crippen LogP contribution in [-0.4, -0.2) is 44.0 Å². The summed E-state index contributed by atoms with van der Waals surface area (Å²) in [6.45, 7) is 7.44. The van der Waals surface area contributed by atoms with Crippen LogP contribution in [0.5, 0.6) is 0 Å². The lowest BCUT2D eigenvalue weighted by atomic mass is 9.93. The zero-order chi connectivity index (χ0) is 21.9. The van der Waals surface area contributed by atoms with Gasteiger partial charge in [-0.1, -0.05) is 25.1 Å². The maximum absolute atomic E-state index is 13.2. The Morgan fingerprint density at radius 1 is 1.17 bits per heavy atom. The number of hydrogen-bond donors (Lipinski definition) is 3. The number of fused-ring (bicyclic) bond motifs is 1. The number of rotatable bonds is 7. The fourth-order valence-electron chi connectivity index (χ4n) is 3.37. The molecule has 0 aromatic heterocycles. The van der Waals surface area contributed by atoms with Gasteiger partial charge in [0, 0.05) is 18.8 Å². The summed E-state index contributed by atoms with van der Waals surface area (Å²) in [6, 6.07) is 11.9. The minimum absolute atomic E-state index is 0.286. The summed E-state index contributed by atoms with van der Waals surface area (Å²) in [6.07, 6.45) is 0.828. The summed E-state index contributed by atoms with van der Waals surface area (Å²) < 4.78 is 29.0. The van der Waals surface area contributed by atoms with E-state index in [-0.39, 0.29) is 17.4 Å². The Labute approximate surface area is 178 Å². The molecule has 3 rings (SSSR count). The van der Waals surface area contributed by atoms with Gasteiger partial charge in [0.1, 0.15) is 0 Å². The fraction of sp³-hybridized carbons (Fsp3) is 0.409. The Bertz CT molecular complexity index is 1030. The van der Waals surface area contributed by atoms with Crippen molar-refractivity contribution < 1.29 is 18.3 Å². The first-order chi connectivity index (χ1) is 14.2. The average molecular weight is 432 g/mol. The van der Waals surface area contributed by atoms with E-state index >= 15 is 0 Å². The van der Waals surface area contributed by atoms with Crippen LogP contribution in [0.2, 0.25) is 0 Å². The molecule has 7 nitrogen and oxygen atoms in total. The van der Waals surface area contributed by atoms with E-state index in [1.54, 1.807) is 50.2 Å². The number of benzene rings is 2. The topological polar surface area (TPSA) is 98.7 Å². The van der Waals surface area contributed by atoms with Crippen molar-refractivity contribution >= 4 is 27.3 Å². The molecule has 0 bridgehead atoms. The van der Waals surface area contributed by atoms with Gasteiger partial charge in [-0.3, -0.25) is 14.4 Å². The Morgan fingerprint density at radius 3 is 2.57 bits per heavy atom. The first-order valence-electron chi connectivity index (χ1n) is 10.0. The van der Waals surface area contributed by atoms with Crippen molar-refractivity contribution in [3.05, 3.63) is 53.6 Å². The van der Waals surface area contributed by atoms with Crippen LogP contribution in [-0.2, 0) is 27.8 Å². The van der Waals surface area contributed by atoms with E-state index in [1.807, 2.05) is 6.07 Å². The summed E-state index contributed by atoms with van der Waals surface area (Å²) >= 11 is 0. The molecule has 0 aliphatic carbocycles. The van der Waals surface area contributed by atoms with Crippen molar-refractivity contribution in [1.29, 1.82) is 0 Å². The predicted octanol–water partition coefficient (Wildman–Crippen LogP) is 2.82. The Morgan fingerprint density at radius 2 is 1.87 bits per heavy atom. The Balaban J connectivity index is 1.84. The van der Waals surface area contributed by atoms with Crippen LogP contribution in [0.25, 0.3) is 0 Å². The minimum atomic E-state index is -3.79. The van der Waals surface area contributed by atoms with Crippen molar-refractivity contribution in [1.82, 2.24) is 4.90 Å². The fourth-order valence-corrected chi connectivity index (χ4v) is 4.70. The quantitative estimate of drug-likeness (QED) is 0.626. The van der Waals surface area contributed by atoms with Crippen molar-refractivity contribution in [3.63, 3.8) is 0 Å². The summed E-state index contributed by atoms with van der Waals surface area (Å²) in [5.74, 6) is -0.346. The summed E-state index contributed by atoms with van der Waals surface area (Å²) in [5, 5.41) is 12.1. The molecule has 2 aromatic rings. The second kappa shape index (κ2) is 8.75. The number of likely N-dealkylation sites (N-methyl/N-ethyl adjacent to an activating group) is 1. The largest absolute Gasteiger partial charge is 0.395 e. The number of sulfonamides is 1. The molecule has 3 N–H and O–H groups in total. The van der Waals surface area contributed by atoms with Crippen LogP contribution in [0.4, 0.5) is 11.4 Å². The lowest BCUT2D eigenvalue weighted by Gasteiger charge is -2.29. The lowest BCUT2D eigenvalue weighted by Crippen LogP contribution is -2.33. The van der Waals surface area contributed by atoms with Gasteiger partial charge in [-0.15, -0.1) is 0 Å². The van der Waals surface area contributed by atoms with Crippen LogP contribution in [0.15, 0.2) is 47.4 Å². The van der Waals surface area contributed by atoms with E-state index in [0.29, 0.717) is 17.9 Å². The average Bonchev–Trinajstić information content (AvgIpc) is 2.72. The summed E-state index contributed by atoms with van der Waals surface area (Å²) in [4.78, 5) is 14.8. The van der Waals surface area contributed by atoms with Crippen LogP contribution in [0.3, 0.4) is 0 Å². The smallest absolute Gasteiger partial charge is 0.262 e. The third-order valence-electron chi connectivity index (χ3n) is 5.43. The predicted molar refractivity (Wildman–Crippen MR) is 118 cm³/mol. The molecule has 1 aliphatic heterocycles. The maximum Gasteiger partial charge on any atom is 0.262 e. The maximum atomic E-state index is 13.2. The highest BCUT2D eigenvalue weighted by Crippen LogP contribution is 2.28.